The molecule has 4 rings (SSSR count). The first-order valence-corrected chi connectivity index (χ1v) is 9.99. The van der Waals surface area contributed by atoms with E-state index >= 15 is 0 Å². The molecule has 2 heterocycles. The Labute approximate surface area is 172 Å². The van der Waals surface area contributed by atoms with E-state index in [1.165, 1.54) is 11.8 Å². The van der Waals surface area contributed by atoms with Gasteiger partial charge in [0.15, 0.2) is 11.5 Å². The molecule has 1 amide bonds. The fraction of sp³-hybridized carbons (Fsp3) is 0.250. The van der Waals surface area contributed by atoms with E-state index in [9.17, 15) is 4.79 Å². The van der Waals surface area contributed by atoms with Crippen molar-refractivity contribution in [3.63, 3.8) is 0 Å². The molecule has 0 bridgehead atoms. The van der Waals surface area contributed by atoms with Crippen LogP contribution in [-0.4, -0.2) is 42.6 Å². The Bertz CT molecular complexity index is 990. The number of para-hydroxylation sites is 2. The van der Waals surface area contributed by atoms with Crippen LogP contribution in [0.1, 0.15) is 12.0 Å². The molecule has 0 spiro atoms. The van der Waals surface area contributed by atoms with E-state index in [-0.39, 0.29) is 18.3 Å². The van der Waals surface area contributed by atoms with Gasteiger partial charge in [0, 0.05) is 25.5 Å². The number of fused-ring (bicyclic) bond motifs is 1. The van der Waals surface area contributed by atoms with Crippen molar-refractivity contribution in [2.75, 3.05) is 36.7 Å². The molecule has 0 radical (unpaired) electrons. The number of nitrogens with zero attached hydrogens (tertiary/aromatic N) is 3. The van der Waals surface area contributed by atoms with E-state index in [2.05, 4.69) is 15.5 Å². The molecule has 0 saturated heterocycles. The molecule has 1 aromatic heterocycles. The van der Waals surface area contributed by atoms with Gasteiger partial charge in [-0.25, -0.2) is 0 Å². The van der Waals surface area contributed by atoms with Crippen molar-refractivity contribution in [2.24, 2.45) is 0 Å². The zero-order chi connectivity index (χ0) is 20.2. The number of benzene rings is 2. The second kappa shape index (κ2) is 8.44. The molecular weight excluding hydrogens is 392 g/mol. The van der Waals surface area contributed by atoms with Crippen molar-refractivity contribution < 1.29 is 18.7 Å². The van der Waals surface area contributed by atoms with Gasteiger partial charge in [0.2, 0.25) is 12.0 Å². The zero-order valence-corrected chi connectivity index (χ0v) is 16.8. The normalized spacial score (nSPS) is 15.0. The molecule has 8 nitrogen and oxygen atoms in total. The first-order valence-electron chi connectivity index (χ1n) is 9.00. The fourth-order valence-electron chi connectivity index (χ4n) is 2.72. The van der Waals surface area contributed by atoms with Gasteiger partial charge >= 0.3 is 0 Å². The van der Waals surface area contributed by atoms with Crippen LogP contribution in [0.15, 0.2) is 58.2 Å². The summed E-state index contributed by atoms with van der Waals surface area (Å²) in [6, 6.07) is 15.0. The highest BCUT2D eigenvalue weighted by molar-refractivity contribution is 7.99. The van der Waals surface area contributed by atoms with Crippen molar-refractivity contribution in [3.05, 3.63) is 54.4 Å². The Balaban J connectivity index is 1.30. The van der Waals surface area contributed by atoms with Gasteiger partial charge in [-0.3, -0.25) is 4.79 Å². The minimum atomic E-state index is -0.476. The summed E-state index contributed by atoms with van der Waals surface area (Å²) in [5.74, 6) is 1.64. The van der Waals surface area contributed by atoms with Gasteiger partial charge < -0.3 is 24.1 Å². The van der Waals surface area contributed by atoms with Crippen molar-refractivity contribution in [2.45, 2.75) is 11.3 Å². The standard InChI is InChI=1S/C20H20N4O4S/c1-24(2)14-9-7-13(8-10-14)21-18(25)12-29-20-23-22-19(28-20)17-11-26-15-5-3-4-6-16(15)27-17/h3-10,17H,11-12H2,1-2H3,(H,21,25)/t17-/m0/s1. The fourth-order valence-corrected chi connectivity index (χ4v) is 3.29. The number of anilines is 2. The van der Waals surface area contributed by atoms with Crippen LogP contribution in [0.3, 0.4) is 0 Å². The van der Waals surface area contributed by atoms with Gasteiger partial charge in [0.1, 0.15) is 6.61 Å². The minimum Gasteiger partial charge on any atom is -0.485 e. The second-order valence-corrected chi connectivity index (χ2v) is 7.48. The molecule has 1 N–H and O–H groups in total. The van der Waals surface area contributed by atoms with Crippen LogP contribution >= 0.6 is 11.8 Å². The highest BCUT2D eigenvalue weighted by atomic mass is 32.2. The number of rotatable bonds is 6. The van der Waals surface area contributed by atoms with Gasteiger partial charge in [-0.1, -0.05) is 23.9 Å². The van der Waals surface area contributed by atoms with Crippen LogP contribution in [0.2, 0.25) is 0 Å². The van der Waals surface area contributed by atoms with E-state index in [4.69, 9.17) is 13.9 Å². The van der Waals surface area contributed by atoms with Crippen LogP contribution in [0, 0.1) is 0 Å². The van der Waals surface area contributed by atoms with Crippen molar-refractivity contribution >= 4 is 29.0 Å². The number of carbonyl (C=O) groups is 1. The number of hydrogen-bond acceptors (Lipinski definition) is 8. The summed E-state index contributed by atoms with van der Waals surface area (Å²) >= 11 is 1.17. The number of carbonyl (C=O) groups excluding carboxylic acids is 1. The van der Waals surface area contributed by atoms with Crippen LogP contribution < -0.4 is 19.7 Å². The quantitative estimate of drug-likeness (QED) is 0.617. The Hall–Kier alpha value is -3.20. The van der Waals surface area contributed by atoms with Gasteiger partial charge in [0.25, 0.3) is 11.1 Å². The average molecular weight is 412 g/mol. The van der Waals surface area contributed by atoms with Crippen LogP contribution in [0.25, 0.3) is 0 Å². The molecule has 3 aromatic rings. The summed E-state index contributed by atoms with van der Waals surface area (Å²) in [6.07, 6.45) is -0.476. The molecule has 0 unspecified atom stereocenters. The zero-order valence-electron chi connectivity index (χ0n) is 16.0. The van der Waals surface area contributed by atoms with Gasteiger partial charge in [0.05, 0.1) is 5.75 Å². The Morgan fingerprint density at radius 1 is 1.14 bits per heavy atom. The summed E-state index contributed by atoms with van der Waals surface area (Å²) in [4.78, 5) is 14.2. The summed E-state index contributed by atoms with van der Waals surface area (Å²) in [6.45, 7) is 0.284. The lowest BCUT2D eigenvalue weighted by atomic mass is 10.2. The third kappa shape index (κ3) is 4.62. The van der Waals surface area contributed by atoms with E-state index in [1.807, 2.05) is 67.5 Å². The predicted molar refractivity (Wildman–Crippen MR) is 110 cm³/mol. The molecule has 0 aliphatic carbocycles. The largest absolute Gasteiger partial charge is 0.485 e. The monoisotopic (exact) mass is 412 g/mol. The minimum absolute atomic E-state index is 0.154. The van der Waals surface area contributed by atoms with E-state index in [0.29, 0.717) is 22.6 Å². The summed E-state index contributed by atoms with van der Waals surface area (Å²) in [5.41, 5.74) is 1.80. The summed E-state index contributed by atoms with van der Waals surface area (Å²) < 4.78 is 17.1. The van der Waals surface area contributed by atoms with Gasteiger partial charge in [-0.15, -0.1) is 10.2 Å². The Morgan fingerprint density at radius 3 is 2.66 bits per heavy atom. The maximum Gasteiger partial charge on any atom is 0.277 e. The highest BCUT2D eigenvalue weighted by Crippen LogP contribution is 2.35. The molecule has 1 aliphatic rings. The van der Waals surface area contributed by atoms with Crippen molar-refractivity contribution in [3.8, 4) is 11.5 Å². The lowest BCUT2D eigenvalue weighted by Gasteiger charge is -2.23. The molecule has 2 aromatic carbocycles. The average Bonchev–Trinajstić information content (AvgIpc) is 3.21. The number of nitrogens with one attached hydrogen (secondary N) is 1. The first-order chi connectivity index (χ1) is 14.1. The Kier molecular flexibility index (Phi) is 5.57. The van der Waals surface area contributed by atoms with Crippen LogP contribution in [0.5, 0.6) is 11.5 Å². The number of amides is 1. The predicted octanol–water partition coefficient (Wildman–Crippen LogP) is 3.38. The van der Waals surface area contributed by atoms with Crippen LogP contribution in [0.4, 0.5) is 11.4 Å². The molecule has 0 fully saturated rings. The molecule has 150 valence electrons. The van der Waals surface area contributed by atoms with Gasteiger partial charge in [-0.05, 0) is 36.4 Å². The van der Waals surface area contributed by atoms with E-state index < -0.39 is 6.10 Å². The van der Waals surface area contributed by atoms with Gasteiger partial charge in [-0.2, -0.15) is 0 Å². The maximum atomic E-state index is 12.2. The van der Waals surface area contributed by atoms with Crippen LogP contribution in [-0.2, 0) is 4.79 Å². The smallest absolute Gasteiger partial charge is 0.277 e. The maximum absolute atomic E-state index is 12.2. The van der Waals surface area contributed by atoms with Crippen molar-refractivity contribution in [1.82, 2.24) is 10.2 Å². The SMILES string of the molecule is CN(C)c1ccc(NC(=O)CSc2nnc([C@@H]3COc4ccccc4O3)o2)cc1. The van der Waals surface area contributed by atoms with E-state index in [0.717, 1.165) is 11.4 Å². The third-order valence-corrected chi connectivity index (χ3v) is 5.02. The molecule has 0 saturated carbocycles. The lowest BCUT2D eigenvalue weighted by molar-refractivity contribution is -0.113. The molecule has 1 atom stereocenters. The molecule has 9 heteroatoms. The number of hydrogen-bond donors (Lipinski definition) is 1. The number of thioether (sulfide) groups is 1. The highest BCUT2D eigenvalue weighted by Gasteiger charge is 2.27. The Morgan fingerprint density at radius 2 is 1.90 bits per heavy atom. The van der Waals surface area contributed by atoms with E-state index in [1.54, 1.807) is 0 Å². The lowest BCUT2D eigenvalue weighted by Crippen LogP contribution is -2.21. The molecule has 29 heavy (non-hydrogen) atoms. The number of ether oxygens (including phenoxy) is 2. The molecular formula is C20H20N4O4S. The first kappa shape index (κ1) is 19.1. The topological polar surface area (TPSA) is 89.7 Å². The summed E-state index contributed by atoms with van der Waals surface area (Å²) in [5, 5.41) is 11.2. The third-order valence-electron chi connectivity index (χ3n) is 4.20. The summed E-state index contributed by atoms with van der Waals surface area (Å²) in [7, 11) is 3.93. The molecule has 1 aliphatic heterocycles. The number of aromatic nitrogens is 2. The second-order valence-electron chi connectivity index (χ2n) is 6.55. The van der Waals surface area contributed by atoms with Crippen molar-refractivity contribution in [1.29, 1.82) is 0 Å².